The number of nitrogens with two attached hydrogens (primary N) is 1. The van der Waals surface area contributed by atoms with Crippen LogP contribution in [0.3, 0.4) is 0 Å². The first-order valence-electron chi connectivity index (χ1n) is 7.92. The van der Waals surface area contributed by atoms with Crippen LogP contribution in [0, 0.1) is 19.3 Å². The molecule has 0 spiro atoms. The predicted octanol–water partition coefficient (Wildman–Crippen LogP) is 2.04. The van der Waals surface area contributed by atoms with Crippen molar-refractivity contribution in [2.45, 2.75) is 27.2 Å². The topological polar surface area (TPSA) is 87.5 Å². The maximum atomic E-state index is 12.0. The molecule has 0 radical (unpaired) electrons. The van der Waals surface area contributed by atoms with Crippen molar-refractivity contribution in [1.82, 2.24) is 10.2 Å². The minimum atomic E-state index is -0.496. The van der Waals surface area contributed by atoms with Gasteiger partial charge in [0.2, 0.25) is 5.91 Å². The van der Waals surface area contributed by atoms with Gasteiger partial charge in [-0.15, -0.1) is 12.4 Å². The predicted molar refractivity (Wildman–Crippen MR) is 98.5 cm³/mol. The number of aryl methyl sites for hydroxylation is 1. The van der Waals surface area contributed by atoms with E-state index in [1.165, 1.54) is 0 Å². The zero-order valence-corrected chi connectivity index (χ0v) is 15.3. The van der Waals surface area contributed by atoms with Crippen molar-refractivity contribution in [3.63, 3.8) is 0 Å². The summed E-state index contributed by atoms with van der Waals surface area (Å²) in [6.45, 7) is 8.48. The summed E-state index contributed by atoms with van der Waals surface area (Å²) in [5.41, 5.74) is 8.63. The summed E-state index contributed by atoms with van der Waals surface area (Å²) in [5, 5.41) is 5.11. The number of carbonyl (C=O) groups excluding carboxylic acids is 2. The second kappa shape index (κ2) is 8.46. The maximum absolute atomic E-state index is 12.0. The number of halogens is 1. The van der Waals surface area contributed by atoms with Gasteiger partial charge in [-0.05, 0) is 56.0 Å². The van der Waals surface area contributed by atoms with Crippen LogP contribution in [-0.4, -0.2) is 43.0 Å². The van der Waals surface area contributed by atoms with Crippen LogP contribution in [0.2, 0.25) is 0 Å². The minimum absolute atomic E-state index is 0. The van der Waals surface area contributed by atoms with Gasteiger partial charge in [0.05, 0.1) is 6.54 Å². The highest BCUT2D eigenvalue weighted by Crippen LogP contribution is 2.27. The average Bonchev–Trinajstić information content (AvgIpc) is 2.85. The molecular weight excluding hydrogens is 328 g/mol. The summed E-state index contributed by atoms with van der Waals surface area (Å²) in [6, 6.07) is 5.17. The Balaban J connectivity index is 0.00000288. The second-order valence-corrected chi connectivity index (χ2v) is 6.73. The van der Waals surface area contributed by atoms with Crippen molar-refractivity contribution in [2.24, 2.45) is 11.1 Å². The highest BCUT2D eigenvalue weighted by molar-refractivity contribution is 6.02. The fourth-order valence-corrected chi connectivity index (χ4v) is 2.84. The van der Waals surface area contributed by atoms with E-state index in [1.54, 1.807) is 0 Å². The van der Waals surface area contributed by atoms with Gasteiger partial charge in [-0.1, -0.05) is 19.1 Å². The fourth-order valence-electron chi connectivity index (χ4n) is 2.84. The molecule has 1 unspecified atom stereocenters. The third-order valence-corrected chi connectivity index (χ3v) is 4.60. The molecule has 2 rings (SSSR count). The van der Waals surface area contributed by atoms with E-state index in [2.05, 4.69) is 17.6 Å². The largest absolute Gasteiger partial charge is 0.330 e. The minimum Gasteiger partial charge on any atom is -0.330 e. The van der Waals surface area contributed by atoms with E-state index < -0.39 is 6.03 Å². The molecule has 4 N–H and O–H groups in total. The van der Waals surface area contributed by atoms with Crippen molar-refractivity contribution < 1.29 is 9.59 Å². The van der Waals surface area contributed by atoms with E-state index >= 15 is 0 Å². The number of urea groups is 1. The number of nitrogens with zero attached hydrogens (tertiary/aromatic N) is 1. The van der Waals surface area contributed by atoms with Crippen molar-refractivity contribution in [2.75, 3.05) is 31.5 Å². The van der Waals surface area contributed by atoms with E-state index in [9.17, 15) is 9.59 Å². The molecule has 1 aromatic rings. The zero-order valence-electron chi connectivity index (χ0n) is 14.5. The van der Waals surface area contributed by atoms with E-state index in [0.29, 0.717) is 12.2 Å². The van der Waals surface area contributed by atoms with E-state index in [4.69, 9.17) is 5.73 Å². The van der Waals surface area contributed by atoms with E-state index in [1.807, 2.05) is 36.9 Å². The number of hydrogen-bond acceptors (Lipinski definition) is 4. The van der Waals surface area contributed by atoms with Gasteiger partial charge in [0.15, 0.2) is 0 Å². The van der Waals surface area contributed by atoms with E-state index in [0.717, 1.165) is 30.6 Å². The molecule has 1 aromatic carbocycles. The molecule has 134 valence electrons. The molecule has 1 aliphatic rings. The van der Waals surface area contributed by atoms with Crippen LogP contribution < -0.4 is 16.4 Å². The Morgan fingerprint density at radius 1 is 1.33 bits per heavy atom. The van der Waals surface area contributed by atoms with Crippen molar-refractivity contribution in [3.8, 4) is 0 Å². The summed E-state index contributed by atoms with van der Waals surface area (Å²) in [7, 11) is 0. The zero-order chi connectivity index (χ0) is 17.0. The lowest BCUT2D eigenvalue weighted by atomic mass is 9.90. The Bertz CT molecular complexity index is 608. The monoisotopic (exact) mass is 354 g/mol. The first-order chi connectivity index (χ1) is 10.8. The maximum Gasteiger partial charge on any atom is 0.325 e. The number of anilines is 1. The first kappa shape index (κ1) is 20.4. The Morgan fingerprint density at radius 3 is 2.67 bits per heavy atom. The molecule has 1 saturated heterocycles. The molecular formula is C17H27ClN4O2. The molecule has 0 aliphatic carbocycles. The molecule has 6 nitrogen and oxygen atoms in total. The summed E-state index contributed by atoms with van der Waals surface area (Å²) in [5.74, 6) is -0.297. The van der Waals surface area contributed by atoms with Gasteiger partial charge in [0.1, 0.15) is 0 Å². The quantitative estimate of drug-likeness (QED) is 0.772. The number of likely N-dealkylation sites (tertiary alicyclic amines) is 1. The Labute approximate surface area is 149 Å². The van der Waals surface area contributed by atoms with Crippen molar-refractivity contribution >= 4 is 30.0 Å². The van der Waals surface area contributed by atoms with Crippen LogP contribution in [0.5, 0.6) is 0 Å². The van der Waals surface area contributed by atoms with Crippen LogP contribution in [0.25, 0.3) is 0 Å². The van der Waals surface area contributed by atoms with E-state index in [-0.39, 0.29) is 30.3 Å². The van der Waals surface area contributed by atoms with Gasteiger partial charge in [0.25, 0.3) is 0 Å². The highest BCUT2D eigenvalue weighted by Gasteiger charge is 2.33. The molecule has 1 aliphatic heterocycles. The van der Waals surface area contributed by atoms with Crippen LogP contribution in [0.15, 0.2) is 18.2 Å². The molecule has 24 heavy (non-hydrogen) atoms. The molecule has 3 amide bonds. The number of hydrogen-bond donors (Lipinski definition) is 3. The highest BCUT2D eigenvalue weighted by atomic mass is 35.5. The standard InChI is InChI=1S/C17H26N4O2.ClH/c1-12-5-4-6-14(13(12)2)19-16(23)20-15(22)9-21-8-7-17(3,10-18)11-21;/h4-6H,7-11,18H2,1-3H3,(H2,19,20,22,23);1H. The second-order valence-electron chi connectivity index (χ2n) is 6.73. The van der Waals surface area contributed by atoms with Crippen molar-refractivity contribution in [3.05, 3.63) is 29.3 Å². The molecule has 1 atom stereocenters. The summed E-state index contributed by atoms with van der Waals surface area (Å²) in [6.07, 6.45) is 0.978. The summed E-state index contributed by atoms with van der Waals surface area (Å²) >= 11 is 0. The van der Waals surface area contributed by atoms with Gasteiger partial charge < -0.3 is 11.1 Å². The number of rotatable bonds is 4. The van der Waals surface area contributed by atoms with Crippen LogP contribution in [0.4, 0.5) is 10.5 Å². The van der Waals surface area contributed by atoms with Gasteiger partial charge in [-0.25, -0.2) is 4.79 Å². The smallest absolute Gasteiger partial charge is 0.325 e. The summed E-state index contributed by atoms with van der Waals surface area (Å²) < 4.78 is 0. The van der Waals surface area contributed by atoms with Gasteiger partial charge in [-0.2, -0.15) is 0 Å². The lowest BCUT2D eigenvalue weighted by Gasteiger charge is -2.22. The lowest BCUT2D eigenvalue weighted by Crippen LogP contribution is -2.42. The number of imide groups is 1. The summed E-state index contributed by atoms with van der Waals surface area (Å²) in [4.78, 5) is 26.0. The molecule has 1 fully saturated rings. The third kappa shape index (κ3) is 5.19. The third-order valence-electron chi connectivity index (χ3n) is 4.60. The van der Waals surface area contributed by atoms with Gasteiger partial charge in [0, 0.05) is 12.2 Å². The normalized spacial score (nSPS) is 20.3. The molecule has 7 heteroatoms. The van der Waals surface area contributed by atoms with Gasteiger partial charge >= 0.3 is 6.03 Å². The number of benzene rings is 1. The molecule has 1 heterocycles. The molecule has 0 saturated carbocycles. The van der Waals surface area contributed by atoms with Crippen LogP contribution in [-0.2, 0) is 4.79 Å². The van der Waals surface area contributed by atoms with Gasteiger partial charge in [-0.3, -0.25) is 15.0 Å². The number of carbonyl (C=O) groups is 2. The lowest BCUT2D eigenvalue weighted by molar-refractivity contribution is -0.120. The Kier molecular flexibility index (Phi) is 7.20. The molecule has 0 aromatic heterocycles. The number of amides is 3. The molecule has 0 bridgehead atoms. The SMILES string of the molecule is Cc1cccc(NC(=O)NC(=O)CN2CCC(C)(CN)C2)c1C.Cl. The van der Waals surface area contributed by atoms with Crippen LogP contribution in [0.1, 0.15) is 24.5 Å². The fraction of sp³-hybridized carbons (Fsp3) is 0.529. The van der Waals surface area contributed by atoms with Crippen LogP contribution >= 0.6 is 12.4 Å². The average molecular weight is 355 g/mol. The Morgan fingerprint density at radius 2 is 2.04 bits per heavy atom. The Hall–Kier alpha value is -1.63. The number of nitrogens with one attached hydrogen (secondary N) is 2. The van der Waals surface area contributed by atoms with Crippen molar-refractivity contribution in [1.29, 1.82) is 0 Å². The first-order valence-corrected chi connectivity index (χ1v) is 7.92.